The van der Waals surface area contributed by atoms with Crippen molar-refractivity contribution in [2.45, 2.75) is 33.2 Å². The van der Waals surface area contributed by atoms with Crippen LogP contribution >= 0.6 is 0 Å². The highest BCUT2D eigenvalue weighted by Crippen LogP contribution is 2.27. The van der Waals surface area contributed by atoms with Gasteiger partial charge in [-0.1, -0.05) is 19.1 Å². The van der Waals surface area contributed by atoms with E-state index in [4.69, 9.17) is 5.73 Å². The molecule has 0 saturated heterocycles. The summed E-state index contributed by atoms with van der Waals surface area (Å²) >= 11 is 0. The van der Waals surface area contributed by atoms with Crippen molar-refractivity contribution in [1.82, 2.24) is 9.78 Å². The SMILES string of the molecule is CCc1nn(C)c(NC(C)c2ccc(C)c(F)c2)c1N. The maximum Gasteiger partial charge on any atom is 0.148 e. The monoisotopic (exact) mass is 276 g/mol. The number of halogens is 1. The van der Waals surface area contributed by atoms with Gasteiger partial charge in [0.25, 0.3) is 0 Å². The Hall–Kier alpha value is -2.04. The van der Waals surface area contributed by atoms with E-state index in [1.165, 1.54) is 0 Å². The number of nitrogens with one attached hydrogen (secondary N) is 1. The second-order valence-corrected chi connectivity index (χ2v) is 5.06. The number of aromatic nitrogens is 2. The number of hydrogen-bond acceptors (Lipinski definition) is 3. The van der Waals surface area contributed by atoms with E-state index in [9.17, 15) is 4.39 Å². The second kappa shape index (κ2) is 5.53. The summed E-state index contributed by atoms with van der Waals surface area (Å²) in [6.07, 6.45) is 0.787. The molecule has 0 spiro atoms. The minimum Gasteiger partial charge on any atom is -0.394 e. The van der Waals surface area contributed by atoms with Gasteiger partial charge in [-0.2, -0.15) is 5.10 Å². The third-order valence-electron chi connectivity index (χ3n) is 3.54. The first-order valence-electron chi connectivity index (χ1n) is 6.78. The lowest BCUT2D eigenvalue weighted by molar-refractivity contribution is 0.614. The maximum atomic E-state index is 13.6. The van der Waals surface area contributed by atoms with Crippen LogP contribution in [0.15, 0.2) is 18.2 Å². The van der Waals surface area contributed by atoms with Crippen LogP contribution in [0.3, 0.4) is 0 Å². The molecule has 0 saturated carbocycles. The van der Waals surface area contributed by atoms with Gasteiger partial charge in [0, 0.05) is 7.05 Å². The van der Waals surface area contributed by atoms with Crippen LogP contribution in [0.4, 0.5) is 15.9 Å². The Morgan fingerprint density at radius 1 is 1.45 bits per heavy atom. The summed E-state index contributed by atoms with van der Waals surface area (Å²) in [5, 5.41) is 7.67. The van der Waals surface area contributed by atoms with Crippen molar-refractivity contribution in [2.24, 2.45) is 7.05 Å². The van der Waals surface area contributed by atoms with Gasteiger partial charge in [-0.25, -0.2) is 4.39 Å². The maximum absolute atomic E-state index is 13.6. The molecule has 0 aliphatic rings. The zero-order valence-corrected chi connectivity index (χ0v) is 12.4. The Morgan fingerprint density at radius 2 is 2.15 bits per heavy atom. The van der Waals surface area contributed by atoms with E-state index in [2.05, 4.69) is 10.4 Å². The predicted molar refractivity (Wildman–Crippen MR) is 80.2 cm³/mol. The van der Waals surface area contributed by atoms with Crippen LogP contribution in [0.2, 0.25) is 0 Å². The Kier molecular flexibility index (Phi) is 3.97. The molecule has 1 aromatic heterocycles. The molecule has 0 bridgehead atoms. The molecule has 1 atom stereocenters. The molecular formula is C15H21FN4. The van der Waals surface area contributed by atoms with Gasteiger partial charge in [-0.05, 0) is 37.5 Å². The first kappa shape index (κ1) is 14.4. The smallest absolute Gasteiger partial charge is 0.148 e. The van der Waals surface area contributed by atoms with Crippen LogP contribution in [0.5, 0.6) is 0 Å². The van der Waals surface area contributed by atoms with E-state index in [1.807, 2.05) is 27.0 Å². The molecule has 1 heterocycles. The lowest BCUT2D eigenvalue weighted by Gasteiger charge is -2.17. The minimum absolute atomic E-state index is 0.0486. The van der Waals surface area contributed by atoms with Crippen LogP contribution in [-0.2, 0) is 13.5 Å². The van der Waals surface area contributed by atoms with Crippen LogP contribution in [0, 0.1) is 12.7 Å². The van der Waals surface area contributed by atoms with E-state index in [0.29, 0.717) is 11.3 Å². The summed E-state index contributed by atoms with van der Waals surface area (Å²) < 4.78 is 15.4. The van der Waals surface area contributed by atoms with Crippen LogP contribution in [0.25, 0.3) is 0 Å². The number of anilines is 2. The minimum atomic E-state index is -0.191. The first-order chi connectivity index (χ1) is 9.43. The number of rotatable bonds is 4. The largest absolute Gasteiger partial charge is 0.394 e. The molecule has 0 fully saturated rings. The van der Waals surface area contributed by atoms with Crippen LogP contribution in [-0.4, -0.2) is 9.78 Å². The molecule has 0 aliphatic heterocycles. The molecule has 5 heteroatoms. The molecule has 3 N–H and O–H groups in total. The molecule has 1 aromatic carbocycles. The van der Waals surface area contributed by atoms with Crippen molar-refractivity contribution in [2.75, 3.05) is 11.1 Å². The Bertz CT molecular complexity index is 619. The van der Waals surface area contributed by atoms with Gasteiger partial charge in [0.05, 0.1) is 17.4 Å². The molecular weight excluding hydrogens is 255 g/mol. The number of benzene rings is 1. The van der Waals surface area contributed by atoms with Gasteiger partial charge in [0.1, 0.15) is 11.6 Å². The Labute approximate surface area is 118 Å². The zero-order chi connectivity index (χ0) is 14.9. The molecule has 2 aromatic rings. The highest BCUT2D eigenvalue weighted by Gasteiger charge is 2.15. The zero-order valence-electron chi connectivity index (χ0n) is 12.4. The van der Waals surface area contributed by atoms with Gasteiger partial charge >= 0.3 is 0 Å². The van der Waals surface area contributed by atoms with E-state index < -0.39 is 0 Å². The van der Waals surface area contributed by atoms with Crippen molar-refractivity contribution in [3.05, 3.63) is 40.8 Å². The summed E-state index contributed by atoms with van der Waals surface area (Å²) in [6, 6.07) is 5.21. The fraction of sp³-hybridized carbons (Fsp3) is 0.400. The van der Waals surface area contributed by atoms with Crippen LogP contribution in [0.1, 0.15) is 36.7 Å². The first-order valence-corrected chi connectivity index (χ1v) is 6.78. The summed E-state index contributed by atoms with van der Waals surface area (Å²) in [5.41, 5.74) is 9.14. The molecule has 20 heavy (non-hydrogen) atoms. The normalized spacial score (nSPS) is 12.4. The molecule has 108 valence electrons. The predicted octanol–water partition coefficient (Wildman–Crippen LogP) is 3.19. The average Bonchev–Trinajstić information content (AvgIpc) is 2.69. The van der Waals surface area contributed by atoms with Crippen molar-refractivity contribution in [3.8, 4) is 0 Å². The van der Waals surface area contributed by atoms with E-state index in [0.717, 1.165) is 23.5 Å². The third-order valence-corrected chi connectivity index (χ3v) is 3.54. The molecule has 0 amide bonds. The topological polar surface area (TPSA) is 55.9 Å². The summed E-state index contributed by atoms with van der Waals surface area (Å²) in [4.78, 5) is 0. The van der Waals surface area contributed by atoms with Crippen molar-refractivity contribution < 1.29 is 4.39 Å². The van der Waals surface area contributed by atoms with E-state index in [-0.39, 0.29) is 11.9 Å². The van der Waals surface area contributed by atoms with Gasteiger partial charge in [-0.3, -0.25) is 4.68 Å². The number of hydrogen-bond donors (Lipinski definition) is 2. The quantitative estimate of drug-likeness (QED) is 0.901. The summed E-state index contributed by atoms with van der Waals surface area (Å²) in [5.74, 6) is 0.582. The van der Waals surface area contributed by atoms with Gasteiger partial charge in [-0.15, -0.1) is 0 Å². The van der Waals surface area contributed by atoms with Crippen molar-refractivity contribution in [1.29, 1.82) is 0 Å². The summed E-state index contributed by atoms with van der Waals surface area (Å²) in [6.45, 7) is 5.74. The van der Waals surface area contributed by atoms with Gasteiger partial charge in [0.2, 0.25) is 0 Å². The Morgan fingerprint density at radius 3 is 2.70 bits per heavy atom. The van der Waals surface area contributed by atoms with Gasteiger partial charge < -0.3 is 11.1 Å². The molecule has 4 nitrogen and oxygen atoms in total. The Balaban J connectivity index is 2.25. The second-order valence-electron chi connectivity index (χ2n) is 5.06. The van der Waals surface area contributed by atoms with E-state index in [1.54, 1.807) is 23.7 Å². The number of aryl methyl sites for hydroxylation is 3. The van der Waals surface area contributed by atoms with E-state index >= 15 is 0 Å². The average molecular weight is 276 g/mol. The molecule has 1 unspecified atom stereocenters. The molecule has 0 aliphatic carbocycles. The van der Waals surface area contributed by atoms with Gasteiger partial charge in [0.15, 0.2) is 0 Å². The van der Waals surface area contributed by atoms with Crippen LogP contribution < -0.4 is 11.1 Å². The fourth-order valence-electron chi connectivity index (χ4n) is 2.20. The summed E-state index contributed by atoms with van der Waals surface area (Å²) in [7, 11) is 1.85. The lowest BCUT2D eigenvalue weighted by atomic mass is 10.1. The molecule has 2 rings (SSSR count). The number of nitrogens with zero attached hydrogens (tertiary/aromatic N) is 2. The van der Waals surface area contributed by atoms with Crippen molar-refractivity contribution in [3.63, 3.8) is 0 Å². The highest BCUT2D eigenvalue weighted by molar-refractivity contribution is 5.65. The van der Waals surface area contributed by atoms with Crippen molar-refractivity contribution >= 4 is 11.5 Å². The number of nitrogens with two attached hydrogens (primary N) is 1. The standard InChI is InChI=1S/C15H21FN4/c1-5-13-14(17)15(20(4)19-13)18-10(3)11-7-6-9(2)12(16)8-11/h6-8,10,18H,5,17H2,1-4H3. The lowest BCUT2D eigenvalue weighted by Crippen LogP contribution is -2.11. The molecule has 0 radical (unpaired) electrons. The third kappa shape index (κ3) is 2.61. The highest BCUT2D eigenvalue weighted by atomic mass is 19.1. The number of nitrogen functional groups attached to an aromatic ring is 1. The fourth-order valence-corrected chi connectivity index (χ4v) is 2.20.